The molecule has 2 nitrogen and oxygen atoms in total. The summed E-state index contributed by atoms with van der Waals surface area (Å²) in [5.74, 6) is 1.90. The summed E-state index contributed by atoms with van der Waals surface area (Å²) >= 11 is 1.69. The molecule has 0 aliphatic heterocycles. The third-order valence-electron chi connectivity index (χ3n) is 1.12. The van der Waals surface area contributed by atoms with Crippen molar-refractivity contribution in [1.82, 2.24) is 0 Å². The van der Waals surface area contributed by atoms with Crippen LogP contribution in [0.5, 0.6) is 0 Å². The van der Waals surface area contributed by atoms with E-state index in [4.69, 9.17) is 10.2 Å². The van der Waals surface area contributed by atoms with Gasteiger partial charge in [-0.1, -0.05) is 18.7 Å². The summed E-state index contributed by atoms with van der Waals surface area (Å²) in [4.78, 5) is 0. The first kappa shape index (κ1) is 7.69. The van der Waals surface area contributed by atoms with E-state index < -0.39 is 0 Å². The summed E-state index contributed by atoms with van der Waals surface area (Å²) in [7, 11) is 0. The average molecular weight is 157 g/mol. The van der Waals surface area contributed by atoms with Gasteiger partial charge in [0.25, 0.3) is 0 Å². The standard InChI is InChI=1S/C7H11NOS/c1-2-10-7-4-3-6(5-8)9-7/h3-4H,2,5,8H2,1H3. The zero-order valence-corrected chi connectivity index (χ0v) is 6.78. The summed E-state index contributed by atoms with van der Waals surface area (Å²) < 4.78 is 5.31. The smallest absolute Gasteiger partial charge is 0.160 e. The lowest BCUT2D eigenvalue weighted by Crippen LogP contribution is -1.92. The van der Waals surface area contributed by atoms with Crippen LogP contribution in [0.2, 0.25) is 0 Å². The van der Waals surface area contributed by atoms with Gasteiger partial charge in [-0.25, -0.2) is 0 Å². The van der Waals surface area contributed by atoms with E-state index in [-0.39, 0.29) is 0 Å². The zero-order chi connectivity index (χ0) is 7.40. The van der Waals surface area contributed by atoms with Gasteiger partial charge >= 0.3 is 0 Å². The van der Waals surface area contributed by atoms with Crippen LogP contribution in [0.15, 0.2) is 21.6 Å². The highest BCUT2D eigenvalue weighted by molar-refractivity contribution is 7.99. The molecule has 1 aromatic heterocycles. The minimum atomic E-state index is 0.490. The van der Waals surface area contributed by atoms with Gasteiger partial charge in [0.1, 0.15) is 5.76 Å². The van der Waals surface area contributed by atoms with Crippen molar-refractivity contribution in [2.45, 2.75) is 18.6 Å². The van der Waals surface area contributed by atoms with Gasteiger partial charge in [-0.3, -0.25) is 0 Å². The molecule has 0 saturated carbocycles. The van der Waals surface area contributed by atoms with Crippen molar-refractivity contribution in [2.75, 3.05) is 5.75 Å². The van der Waals surface area contributed by atoms with E-state index in [1.807, 2.05) is 12.1 Å². The van der Waals surface area contributed by atoms with Crippen molar-refractivity contribution in [3.05, 3.63) is 17.9 Å². The largest absolute Gasteiger partial charge is 0.454 e. The molecule has 0 bridgehead atoms. The SMILES string of the molecule is CCSc1ccc(CN)o1. The molecule has 1 heterocycles. The molecular formula is C7H11NOS. The number of hydrogen-bond donors (Lipinski definition) is 1. The fourth-order valence-electron chi connectivity index (χ4n) is 0.688. The molecule has 0 fully saturated rings. The molecule has 0 aliphatic carbocycles. The molecule has 10 heavy (non-hydrogen) atoms. The van der Waals surface area contributed by atoms with Gasteiger partial charge in [-0.15, -0.1) is 0 Å². The Morgan fingerprint density at radius 1 is 1.60 bits per heavy atom. The second-order valence-corrected chi connectivity index (χ2v) is 3.13. The quantitative estimate of drug-likeness (QED) is 0.680. The Morgan fingerprint density at radius 3 is 2.90 bits per heavy atom. The Balaban J connectivity index is 2.59. The molecule has 0 radical (unpaired) electrons. The van der Waals surface area contributed by atoms with Crippen LogP contribution >= 0.6 is 11.8 Å². The molecule has 1 aromatic rings. The Kier molecular flexibility index (Phi) is 2.83. The van der Waals surface area contributed by atoms with Crippen molar-refractivity contribution < 1.29 is 4.42 Å². The normalized spacial score (nSPS) is 10.2. The van der Waals surface area contributed by atoms with E-state index in [1.54, 1.807) is 11.8 Å². The van der Waals surface area contributed by atoms with Gasteiger partial charge in [0, 0.05) is 0 Å². The molecule has 1 rings (SSSR count). The van der Waals surface area contributed by atoms with Crippen molar-refractivity contribution in [1.29, 1.82) is 0 Å². The van der Waals surface area contributed by atoms with Crippen molar-refractivity contribution >= 4 is 11.8 Å². The lowest BCUT2D eigenvalue weighted by molar-refractivity contribution is 0.433. The van der Waals surface area contributed by atoms with Crippen LogP contribution in [0.3, 0.4) is 0 Å². The highest BCUT2D eigenvalue weighted by atomic mass is 32.2. The molecule has 0 aromatic carbocycles. The highest BCUT2D eigenvalue weighted by Gasteiger charge is 1.97. The molecule has 3 heteroatoms. The van der Waals surface area contributed by atoms with E-state index in [0.717, 1.165) is 16.6 Å². The summed E-state index contributed by atoms with van der Waals surface area (Å²) in [5, 5.41) is 0.961. The van der Waals surface area contributed by atoms with E-state index in [2.05, 4.69) is 6.92 Å². The molecular weight excluding hydrogens is 146 g/mol. The fraction of sp³-hybridized carbons (Fsp3) is 0.429. The summed E-state index contributed by atoms with van der Waals surface area (Å²) in [6, 6.07) is 3.87. The Morgan fingerprint density at radius 2 is 2.40 bits per heavy atom. The number of thioether (sulfide) groups is 1. The van der Waals surface area contributed by atoms with Crippen molar-refractivity contribution in [3.8, 4) is 0 Å². The summed E-state index contributed by atoms with van der Waals surface area (Å²) in [5.41, 5.74) is 5.36. The van der Waals surface area contributed by atoms with Gasteiger partial charge in [0.05, 0.1) is 6.54 Å². The van der Waals surface area contributed by atoms with Crippen LogP contribution < -0.4 is 5.73 Å². The molecule has 0 saturated heterocycles. The van der Waals surface area contributed by atoms with Crippen LogP contribution in [-0.4, -0.2) is 5.75 Å². The number of hydrogen-bond acceptors (Lipinski definition) is 3. The first-order valence-electron chi connectivity index (χ1n) is 3.28. The summed E-state index contributed by atoms with van der Waals surface area (Å²) in [6.07, 6.45) is 0. The van der Waals surface area contributed by atoms with Crippen LogP contribution in [-0.2, 0) is 6.54 Å². The first-order chi connectivity index (χ1) is 4.86. The molecule has 0 amide bonds. The van der Waals surface area contributed by atoms with Crippen LogP contribution in [0.25, 0.3) is 0 Å². The molecule has 0 aliphatic rings. The number of rotatable bonds is 3. The topological polar surface area (TPSA) is 39.2 Å². The maximum absolute atomic E-state index is 5.36. The Bertz CT molecular complexity index is 197. The Hall–Kier alpha value is -0.410. The molecule has 2 N–H and O–H groups in total. The molecule has 0 spiro atoms. The predicted octanol–water partition coefficient (Wildman–Crippen LogP) is 1.85. The second-order valence-electron chi connectivity index (χ2n) is 1.86. The van der Waals surface area contributed by atoms with E-state index >= 15 is 0 Å². The number of furan rings is 1. The van der Waals surface area contributed by atoms with Gasteiger partial charge in [0.15, 0.2) is 5.09 Å². The monoisotopic (exact) mass is 157 g/mol. The minimum Gasteiger partial charge on any atom is -0.454 e. The highest BCUT2D eigenvalue weighted by Crippen LogP contribution is 2.19. The third kappa shape index (κ3) is 1.78. The molecule has 56 valence electrons. The van der Waals surface area contributed by atoms with Gasteiger partial charge in [0.2, 0.25) is 0 Å². The van der Waals surface area contributed by atoms with Gasteiger partial charge in [-0.05, 0) is 17.9 Å². The van der Waals surface area contributed by atoms with E-state index in [9.17, 15) is 0 Å². The maximum Gasteiger partial charge on any atom is 0.160 e. The van der Waals surface area contributed by atoms with Crippen LogP contribution in [0.4, 0.5) is 0 Å². The summed E-state index contributed by atoms with van der Waals surface area (Å²) in [6.45, 7) is 2.58. The lowest BCUT2D eigenvalue weighted by Gasteiger charge is -1.89. The fourth-order valence-corrected chi connectivity index (χ4v) is 1.30. The Labute approximate surface area is 64.8 Å². The first-order valence-corrected chi connectivity index (χ1v) is 4.27. The van der Waals surface area contributed by atoms with Crippen molar-refractivity contribution in [3.63, 3.8) is 0 Å². The van der Waals surface area contributed by atoms with Crippen LogP contribution in [0.1, 0.15) is 12.7 Å². The lowest BCUT2D eigenvalue weighted by atomic mass is 10.5. The molecule has 0 unspecified atom stereocenters. The van der Waals surface area contributed by atoms with E-state index in [0.29, 0.717) is 6.54 Å². The van der Waals surface area contributed by atoms with Crippen LogP contribution in [0, 0.1) is 0 Å². The average Bonchev–Trinajstić information content (AvgIpc) is 2.37. The second kappa shape index (κ2) is 3.68. The van der Waals surface area contributed by atoms with E-state index in [1.165, 1.54) is 0 Å². The predicted molar refractivity (Wildman–Crippen MR) is 43.0 cm³/mol. The maximum atomic E-state index is 5.36. The number of nitrogens with two attached hydrogens (primary N) is 1. The van der Waals surface area contributed by atoms with Crippen molar-refractivity contribution in [2.24, 2.45) is 5.73 Å². The third-order valence-corrected chi connectivity index (χ3v) is 1.92. The zero-order valence-electron chi connectivity index (χ0n) is 5.96. The van der Waals surface area contributed by atoms with Gasteiger partial charge < -0.3 is 10.2 Å². The van der Waals surface area contributed by atoms with Gasteiger partial charge in [-0.2, -0.15) is 0 Å². The minimum absolute atomic E-state index is 0.490. The molecule has 0 atom stereocenters.